The van der Waals surface area contributed by atoms with Crippen LogP contribution in [0.4, 0.5) is 4.79 Å². The van der Waals surface area contributed by atoms with Crippen molar-refractivity contribution in [3.63, 3.8) is 0 Å². The number of hydrogen-bond acceptors (Lipinski definition) is 1. The summed E-state index contributed by atoms with van der Waals surface area (Å²) in [5.41, 5.74) is 2.12. The lowest BCUT2D eigenvalue weighted by atomic mass is 10.1. The highest BCUT2D eigenvalue weighted by Gasteiger charge is 1.97. The molecule has 3 heteroatoms. The van der Waals surface area contributed by atoms with Crippen LogP contribution >= 0.6 is 0 Å². The second kappa shape index (κ2) is 3.76. The van der Waals surface area contributed by atoms with E-state index in [0.29, 0.717) is 6.54 Å². The zero-order valence-electron chi connectivity index (χ0n) is 6.87. The largest absolute Gasteiger partial charge is 0.465 e. The van der Waals surface area contributed by atoms with Crippen LogP contribution in [0.5, 0.6) is 0 Å². The molecule has 1 amide bonds. The first-order valence-corrected chi connectivity index (χ1v) is 3.71. The first kappa shape index (κ1) is 8.59. The zero-order chi connectivity index (χ0) is 8.97. The second-order valence-corrected chi connectivity index (χ2v) is 2.59. The maximum atomic E-state index is 10.2. The van der Waals surface area contributed by atoms with Crippen LogP contribution in [0.25, 0.3) is 0 Å². The van der Waals surface area contributed by atoms with Crippen molar-refractivity contribution < 1.29 is 9.90 Å². The molecule has 64 valence electrons. The Morgan fingerprint density at radius 1 is 1.50 bits per heavy atom. The van der Waals surface area contributed by atoms with Gasteiger partial charge in [-0.05, 0) is 18.1 Å². The van der Waals surface area contributed by atoms with Gasteiger partial charge in [0.05, 0.1) is 0 Å². The summed E-state index contributed by atoms with van der Waals surface area (Å²) in [4.78, 5) is 10.2. The standard InChI is InChI=1S/C9H11NO2/c1-7-4-2-3-5-8(7)6-10-9(11)12/h2-5,10H,6H2,1H3,(H,11,12). The molecular formula is C9H11NO2. The SMILES string of the molecule is Cc1ccccc1CNC(=O)O. The summed E-state index contributed by atoms with van der Waals surface area (Å²) < 4.78 is 0. The number of carbonyl (C=O) groups is 1. The van der Waals surface area contributed by atoms with Crippen LogP contribution in [0.2, 0.25) is 0 Å². The molecule has 0 unspecified atom stereocenters. The molecule has 1 rings (SSSR count). The third-order valence-corrected chi connectivity index (χ3v) is 1.69. The summed E-state index contributed by atoms with van der Waals surface area (Å²) in [6, 6.07) is 7.69. The van der Waals surface area contributed by atoms with Crippen molar-refractivity contribution in [1.29, 1.82) is 0 Å². The third-order valence-electron chi connectivity index (χ3n) is 1.69. The van der Waals surface area contributed by atoms with E-state index in [0.717, 1.165) is 11.1 Å². The maximum absolute atomic E-state index is 10.2. The topological polar surface area (TPSA) is 49.3 Å². The molecule has 0 saturated heterocycles. The molecule has 0 atom stereocenters. The molecule has 12 heavy (non-hydrogen) atoms. The first-order valence-electron chi connectivity index (χ1n) is 3.71. The number of amides is 1. The molecule has 1 aromatic carbocycles. The lowest BCUT2D eigenvalue weighted by Gasteiger charge is -2.03. The molecule has 0 bridgehead atoms. The summed E-state index contributed by atoms with van der Waals surface area (Å²) in [6.45, 7) is 2.33. The molecule has 0 saturated carbocycles. The van der Waals surface area contributed by atoms with Gasteiger partial charge in [0.25, 0.3) is 0 Å². The van der Waals surface area contributed by atoms with Gasteiger partial charge in [0.15, 0.2) is 0 Å². The van der Waals surface area contributed by atoms with Crippen molar-refractivity contribution in [3.8, 4) is 0 Å². The Kier molecular flexibility index (Phi) is 2.69. The van der Waals surface area contributed by atoms with Gasteiger partial charge >= 0.3 is 6.09 Å². The predicted octanol–water partition coefficient (Wildman–Crippen LogP) is 1.76. The van der Waals surface area contributed by atoms with Crippen molar-refractivity contribution >= 4 is 6.09 Å². The first-order chi connectivity index (χ1) is 5.70. The molecule has 3 nitrogen and oxygen atoms in total. The lowest BCUT2D eigenvalue weighted by Crippen LogP contribution is -2.20. The molecule has 0 aliphatic rings. The molecule has 0 aromatic heterocycles. The van der Waals surface area contributed by atoms with E-state index in [2.05, 4.69) is 5.32 Å². The highest BCUT2D eigenvalue weighted by molar-refractivity contribution is 5.64. The maximum Gasteiger partial charge on any atom is 0.404 e. The van der Waals surface area contributed by atoms with Gasteiger partial charge in [-0.2, -0.15) is 0 Å². The van der Waals surface area contributed by atoms with Crippen molar-refractivity contribution in [2.45, 2.75) is 13.5 Å². The normalized spacial score (nSPS) is 9.42. The Morgan fingerprint density at radius 2 is 2.17 bits per heavy atom. The van der Waals surface area contributed by atoms with E-state index >= 15 is 0 Å². The Bertz CT molecular complexity index is 284. The fourth-order valence-electron chi connectivity index (χ4n) is 0.979. The third kappa shape index (κ3) is 2.27. The molecule has 0 aliphatic carbocycles. The van der Waals surface area contributed by atoms with Crippen LogP contribution in [0.3, 0.4) is 0 Å². The molecular weight excluding hydrogens is 154 g/mol. The Hall–Kier alpha value is -1.51. The summed E-state index contributed by atoms with van der Waals surface area (Å²) in [7, 11) is 0. The predicted molar refractivity (Wildman–Crippen MR) is 46.0 cm³/mol. The van der Waals surface area contributed by atoms with E-state index in [9.17, 15) is 4.79 Å². The fourth-order valence-corrected chi connectivity index (χ4v) is 0.979. The van der Waals surface area contributed by atoms with E-state index in [1.165, 1.54) is 0 Å². The van der Waals surface area contributed by atoms with Gasteiger partial charge in [0.2, 0.25) is 0 Å². The van der Waals surface area contributed by atoms with Crippen LogP contribution < -0.4 is 5.32 Å². The van der Waals surface area contributed by atoms with Gasteiger partial charge < -0.3 is 10.4 Å². The van der Waals surface area contributed by atoms with Crippen molar-refractivity contribution in [3.05, 3.63) is 35.4 Å². The van der Waals surface area contributed by atoms with Crippen LogP contribution in [0.1, 0.15) is 11.1 Å². The van der Waals surface area contributed by atoms with E-state index in [1.54, 1.807) is 0 Å². The quantitative estimate of drug-likeness (QED) is 0.701. The molecule has 2 N–H and O–H groups in total. The average molecular weight is 165 g/mol. The van der Waals surface area contributed by atoms with Crippen molar-refractivity contribution in [2.75, 3.05) is 0 Å². The van der Waals surface area contributed by atoms with Gasteiger partial charge in [-0.1, -0.05) is 24.3 Å². The molecule has 0 aliphatic heterocycles. The van der Waals surface area contributed by atoms with Gasteiger partial charge in [-0.3, -0.25) is 0 Å². The summed E-state index contributed by atoms with van der Waals surface area (Å²) in [5.74, 6) is 0. The summed E-state index contributed by atoms with van der Waals surface area (Å²) >= 11 is 0. The molecule has 0 fully saturated rings. The Balaban J connectivity index is 2.63. The average Bonchev–Trinajstić information content (AvgIpc) is 2.03. The number of hydrogen-bond donors (Lipinski definition) is 2. The molecule has 0 heterocycles. The fraction of sp³-hybridized carbons (Fsp3) is 0.222. The Morgan fingerprint density at radius 3 is 2.75 bits per heavy atom. The van der Waals surface area contributed by atoms with E-state index < -0.39 is 6.09 Å². The highest BCUT2D eigenvalue weighted by Crippen LogP contribution is 2.05. The zero-order valence-corrected chi connectivity index (χ0v) is 6.87. The van der Waals surface area contributed by atoms with Crippen LogP contribution in [0.15, 0.2) is 24.3 Å². The van der Waals surface area contributed by atoms with Gasteiger partial charge in [0, 0.05) is 6.54 Å². The minimum atomic E-state index is -0.988. The van der Waals surface area contributed by atoms with Crippen molar-refractivity contribution in [2.24, 2.45) is 0 Å². The number of rotatable bonds is 2. The van der Waals surface area contributed by atoms with Crippen LogP contribution in [0, 0.1) is 6.92 Å². The monoisotopic (exact) mass is 165 g/mol. The molecule has 0 radical (unpaired) electrons. The van der Waals surface area contributed by atoms with Gasteiger partial charge in [-0.15, -0.1) is 0 Å². The highest BCUT2D eigenvalue weighted by atomic mass is 16.4. The minimum Gasteiger partial charge on any atom is -0.465 e. The summed E-state index contributed by atoms with van der Waals surface area (Å²) in [5, 5.41) is 10.7. The second-order valence-electron chi connectivity index (χ2n) is 2.59. The Labute approximate surface area is 71.0 Å². The molecule has 0 spiro atoms. The van der Waals surface area contributed by atoms with Gasteiger partial charge in [0.1, 0.15) is 0 Å². The lowest BCUT2D eigenvalue weighted by molar-refractivity contribution is 0.194. The van der Waals surface area contributed by atoms with E-state index in [-0.39, 0.29) is 0 Å². The summed E-state index contributed by atoms with van der Waals surface area (Å²) in [6.07, 6.45) is -0.988. The number of benzene rings is 1. The van der Waals surface area contributed by atoms with Crippen molar-refractivity contribution in [1.82, 2.24) is 5.32 Å². The van der Waals surface area contributed by atoms with Crippen LogP contribution in [-0.2, 0) is 6.54 Å². The molecule has 1 aromatic rings. The number of aryl methyl sites for hydroxylation is 1. The number of carboxylic acid groups (broad SMARTS) is 1. The van der Waals surface area contributed by atoms with Crippen LogP contribution in [-0.4, -0.2) is 11.2 Å². The number of nitrogens with one attached hydrogen (secondary N) is 1. The van der Waals surface area contributed by atoms with E-state index in [4.69, 9.17) is 5.11 Å². The van der Waals surface area contributed by atoms with Gasteiger partial charge in [-0.25, -0.2) is 4.79 Å². The van der Waals surface area contributed by atoms with E-state index in [1.807, 2.05) is 31.2 Å². The smallest absolute Gasteiger partial charge is 0.404 e. The minimum absolute atomic E-state index is 0.377.